The molecule has 9 aromatic carbocycles. The molecule has 0 spiro atoms. The summed E-state index contributed by atoms with van der Waals surface area (Å²) in [6, 6.07) is 77.6. The molecule has 0 aromatic heterocycles. The van der Waals surface area contributed by atoms with Gasteiger partial charge in [0.2, 0.25) is 0 Å². The number of para-hydroxylation sites is 7. The fraction of sp³-hybridized carbons (Fsp3) is 0. The Morgan fingerprint density at radius 1 is 0.281 bits per heavy atom. The maximum atomic E-state index is 2.53. The maximum absolute atomic E-state index is 2.53. The highest BCUT2D eigenvalue weighted by atomic mass is 15.3. The summed E-state index contributed by atoms with van der Waals surface area (Å²) in [5, 5.41) is 2.41. The van der Waals surface area contributed by atoms with Gasteiger partial charge in [0.25, 0.3) is 6.71 Å². The standard InChI is InChI=1S/C52H35BN4/c1-4-21-37(22-5-1)54-44-30-14-12-28-41(44)53-42-29-13-15-31-45(42)55(38-23-6-2-7-24-38)52-50(53)48(54)35-49-51(52)56(39-25-8-3-9-26-39)46-32-16-17-33-47(46)57(49)43-34-18-20-36-19-10-11-27-40(36)43/h1-35H. The van der Waals surface area contributed by atoms with Crippen LogP contribution >= 0.6 is 0 Å². The molecule has 12 rings (SSSR count). The van der Waals surface area contributed by atoms with Crippen LogP contribution in [-0.2, 0) is 0 Å². The molecule has 0 amide bonds. The van der Waals surface area contributed by atoms with Gasteiger partial charge in [-0.1, -0.05) is 140 Å². The summed E-state index contributed by atoms with van der Waals surface area (Å²) in [5.41, 5.74) is 17.6. The van der Waals surface area contributed by atoms with Crippen LogP contribution in [0.2, 0.25) is 0 Å². The smallest absolute Gasteiger partial charge is 0.252 e. The summed E-state index contributed by atoms with van der Waals surface area (Å²) >= 11 is 0. The number of anilines is 12. The van der Waals surface area contributed by atoms with E-state index in [1.165, 1.54) is 49.9 Å². The van der Waals surface area contributed by atoms with Crippen LogP contribution in [0.15, 0.2) is 212 Å². The van der Waals surface area contributed by atoms with E-state index in [1.807, 2.05) is 0 Å². The first-order valence-corrected chi connectivity index (χ1v) is 19.7. The summed E-state index contributed by atoms with van der Waals surface area (Å²) in [7, 11) is 0. The first-order chi connectivity index (χ1) is 28.3. The first kappa shape index (κ1) is 31.8. The summed E-state index contributed by atoms with van der Waals surface area (Å²) in [6.07, 6.45) is 0. The summed E-state index contributed by atoms with van der Waals surface area (Å²) in [4.78, 5) is 10.1. The zero-order valence-corrected chi connectivity index (χ0v) is 31.1. The number of rotatable bonds is 4. The predicted molar refractivity (Wildman–Crippen MR) is 241 cm³/mol. The van der Waals surface area contributed by atoms with E-state index in [-0.39, 0.29) is 6.71 Å². The lowest BCUT2D eigenvalue weighted by molar-refractivity contribution is 1.15. The molecule has 0 saturated carbocycles. The van der Waals surface area contributed by atoms with Crippen LogP contribution in [-0.4, -0.2) is 6.71 Å². The normalized spacial score (nSPS) is 13.4. The molecule has 0 fully saturated rings. The molecule has 266 valence electrons. The average molecular weight is 727 g/mol. The van der Waals surface area contributed by atoms with Crippen molar-refractivity contribution in [2.75, 3.05) is 19.6 Å². The second kappa shape index (κ2) is 12.5. The van der Waals surface area contributed by atoms with Gasteiger partial charge in [-0.2, -0.15) is 0 Å². The van der Waals surface area contributed by atoms with Gasteiger partial charge in [-0.3, -0.25) is 0 Å². The molecule has 57 heavy (non-hydrogen) atoms. The summed E-state index contributed by atoms with van der Waals surface area (Å²) < 4.78 is 0. The molecule has 0 radical (unpaired) electrons. The van der Waals surface area contributed by atoms with Gasteiger partial charge in [0.05, 0.1) is 34.1 Å². The van der Waals surface area contributed by atoms with Crippen LogP contribution in [0.3, 0.4) is 0 Å². The second-order valence-electron chi connectivity index (χ2n) is 14.9. The van der Waals surface area contributed by atoms with Crippen LogP contribution in [0.5, 0.6) is 0 Å². The van der Waals surface area contributed by atoms with Crippen LogP contribution in [0, 0.1) is 0 Å². The van der Waals surface area contributed by atoms with Crippen molar-refractivity contribution in [2.45, 2.75) is 0 Å². The fourth-order valence-electron chi connectivity index (χ4n) is 9.63. The van der Waals surface area contributed by atoms with E-state index in [2.05, 4.69) is 232 Å². The topological polar surface area (TPSA) is 13.0 Å². The van der Waals surface area contributed by atoms with Gasteiger partial charge in [-0.25, -0.2) is 0 Å². The molecular weight excluding hydrogens is 691 g/mol. The number of hydrogen-bond acceptors (Lipinski definition) is 4. The van der Waals surface area contributed by atoms with E-state index in [0.29, 0.717) is 0 Å². The quantitative estimate of drug-likeness (QED) is 0.167. The van der Waals surface area contributed by atoms with Crippen LogP contribution in [0.4, 0.5) is 68.2 Å². The molecule has 0 N–H and O–H groups in total. The van der Waals surface area contributed by atoms with Crippen LogP contribution in [0.25, 0.3) is 10.8 Å². The van der Waals surface area contributed by atoms with E-state index < -0.39 is 0 Å². The van der Waals surface area contributed by atoms with E-state index in [4.69, 9.17) is 0 Å². The number of nitrogens with zero attached hydrogens (tertiary/aromatic N) is 4. The SMILES string of the molecule is c1ccc(N2c3ccccc3B3c4ccccc4N(c4ccccc4)c4c3c2cc2c4N(c3ccccc3)c3ccccc3N2c2cccc3ccccc23)cc1. The molecule has 3 heterocycles. The molecule has 0 atom stereocenters. The highest BCUT2D eigenvalue weighted by Crippen LogP contribution is 2.61. The summed E-state index contributed by atoms with van der Waals surface area (Å²) in [5.74, 6) is 0. The van der Waals surface area contributed by atoms with Crippen molar-refractivity contribution in [1.82, 2.24) is 0 Å². The first-order valence-electron chi connectivity index (χ1n) is 19.7. The minimum atomic E-state index is -0.00609. The van der Waals surface area contributed by atoms with Gasteiger partial charge in [0, 0.05) is 39.5 Å². The van der Waals surface area contributed by atoms with Gasteiger partial charge >= 0.3 is 0 Å². The highest BCUT2D eigenvalue weighted by molar-refractivity contribution is 7.00. The predicted octanol–water partition coefficient (Wildman–Crippen LogP) is 12.2. The van der Waals surface area contributed by atoms with Crippen LogP contribution < -0.4 is 36.0 Å². The Kier molecular flexibility index (Phi) is 6.99. The summed E-state index contributed by atoms with van der Waals surface area (Å²) in [6.45, 7) is -0.00609. The minimum absolute atomic E-state index is 0.00609. The highest BCUT2D eigenvalue weighted by Gasteiger charge is 2.47. The van der Waals surface area contributed by atoms with Gasteiger partial charge in [-0.05, 0) is 94.6 Å². The number of hydrogen-bond donors (Lipinski definition) is 0. The van der Waals surface area contributed by atoms with Crippen molar-refractivity contribution in [1.29, 1.82) is 0 Å². The third-order valence-electron chi connectivity index (χ3n) is 11.9. The molecular formula is C52H35BN4. The molecule has 3 aliphatic heterocycles. The van der Waals surface area contributed by atoms with Gasteiger partial charge in [-0.15, -0.1) is 0 Å². The Bertz CT molecular complexity index is 2990. The van der Waals surface area contributed by atoms with E-state index in [9.17, 15) is 0 Å². The van der Waals surface area contributed by atoms with E-state index in [1.54, 1.807) is 0 Å². The maximum Gasteiger partial charge on any atom is 0.252 e. The zero-order chi connectivity index (χ0) is 37.5. The lowest BCUT2D eigenvalue weighted by Gasteiger charge is -2.49. The van der Waals surface area contributed by atoms with Gasteiger partial charge in [0.15, 0.2) is 0 Å². The average Bonchev–Trinajstić information content (AvgIpc) is 3.28. The van der Waals surface area contributed by atoms with Crippen molar-refractivity contribution in [3.05, 3.63) is 212 Å². The molecule has 9 aromatic rings. The monoisotopic (exact) mass is 726 g/mol. The third kappa shape index (κ3) is 4.63. The lowest BCUT2D eigenvalue weighted by atomic mass is 9.33. The largest absolute Gasteiger partial charge is 0.311 e. The Morgan fingerprint density at radius 2 is 0.719 bits per heavy atom. The van der Waals surface area contributed by atoms with Gasteiger partial charge in [0.1, 0.15) is 0 Å². The Hall–Kier alpha value is -7.50. The Labute approximate surface area is 332 Å². The molecule has 0 saturated heterocycles. The zero-order valence-electron chi connectivity index (χ0n) is 31.1. The van der Waals surface area contributed by atoms with Gasteiger partial charge < -0.3 is 19.6 Å². The van der Waals surface area contributed by atoms with E-state index >= 15 is 0 Å². The third-order valence-corrected chi connectivity index (χ3v) is 11.9. The number of fused-ring (bicyclic) bond motifs is 8. The minimum Gasteiger partial charge on any atom is -0.311 e. The van der Waals surface area contributed by atoms with Crippen molar-refractivity contribution in [3.63, 3.8) is 0 Å². The van der Waals surface area contributed by atoms with Crippen molar-refractivity contribution in [3.8, 4) is 0 Å². The Balaban J connectivity index is 1.30. The molecule has 0 bridgehead atoms. The van der Waals surface area contributed by atoms with Crippen molar-refractivity contribution >= 4 is 102 Å². The van der Waals surface area contributed by atoms with Crippen molar-refractivity contribution in [2.24, 2.45) is 0 Å². The van der Waals surface area contributed by atoms with E-state index in [0.717, 1.165) is 45.5 Å². The molecule has 0 unspecified atom stereocenters. The number of benzene rings is 9. The molecule has 4 nitrogen and oxygen atoms in total. The van der Waals surface area contributed by atoms with Crippen LogP contribution in [0.1, 0.15) is 0 Å². The lowest BCUT2D eigenvalue weighted by Crippen LogP contribution is -2.61. The fourth-order valence-corrected chi connectivity index (χ4v) is 9.63. The second-order valence-corrected chi connectivity index (χ2v) is 14.9. The molecule has 0 aliphatic carbocycles. The van der Waals surface area contributed by atoms with Crippen molar-refractivity contribution < 1.29 is 0 Å². The molecule has 3 aliphatic rings. The Morgan fingerprint density at radius 3 is 1.35 bits per heavy atom. The molecule has 5 heteroatoms.